The summed E-state index contributed by atoms with van der Waals surface area (Å²) >= 11 is 0. The van der Waals surface area contributed by atoms with E-state index in [0.29, 0.717) is 17.7 Å². The topological polar surface area (TPSA) is 67.4 Å². The molecule has 7 nitrogen and oxygen atoms in total. The lowest BCUT2D eigenvalue weighted by Crippen LogP contribution is -2.38. The predicted molar refractivity (Wildman–Crippen MR) is 116 cm³/mol. The van der Waals surface area contributed by atoms with Gasteiger partial charge in [0.05, 0.1) is 18.1 Å². The van der Waals surface area contributed by atoms with Gasteiger partial charge in [-0.1, -0.05) is 0 Å². The third-order valence-corrected chi connectivity index (χ3v) is 6.46. The van der Waals surface area contributed by atoms with Crippen LogP contribution in [-0.4, -0.2) is 51.5 Å². The molecule has 0 saturated carbocycles. The Kier molecular flexibility index (Phi) is 4.97. The number of piperidine rings is 1. The third-order valence-electron chi connectivity index (χ3n) is 6.46. The molecular formula is C23H29N5O2. The number of hydrogen-bond acceptors (Lipinski definition) is 5. The molecule has 30 heavy (non-hydrogen) atoms. The quantitative estimate of drug-likeness (QED) is 0.648. The van der Waals surface area contributed by atoms with Gasteiger partial charge in [0.1, 0.15) is 5.52 Å². The van der Waals surface area contributed by atoms with Crippen molar-refractivity contribution < 1.29 is 9.21 Å². The van der Waals surface area contributed by atoms with Crippen molar-refractivity contribution in [2.75, 3.05) is 31.1 Å². The van der Waals surface area contributed by atoms with E-state index >= 15 is 0 Å². The van der Waals surface area contributed by atoms with E-state index in [1.807, 2.05) is 11.2 Å². The fourth-order valence-corrected chi connectivity index (χ4v) is 4.74. The molecule has 0 radical (unpaired) electrons. The lowest BCUT2D eigenvalue weighted by atomic mass is 9.92. The highest BCUT2D eigenvalue weighted by Gasteiger charge is 2.28. The first kappa shape index (κ1) is 19.2. The number of amides is 1. The number of likely N-dealkylation sites (tertiary alicyclic amines) is 1. The molecule has 158 valence electrons. The highest BCUT2D eigenvalue weighted by atomic mass is 16.3. The summed E-state index contributed by atoms with van der Waals surface area (Å²) in [6, 6.07) is 6.08. The number of carbonyl (C=O) groups is 1. The minimum atomic E-state index is -0.0162. The SMILES string of the molecule is CC(C)n1cnc2c(N3CCCC3)nc(C3CCN(C(=O)c4ccco4)CC3)cc21. The normalized spacial score (nSPS) is 18.1. The van der Waals surface area contributed by atoms with E-state index in [2.05, 4.69) is 29.4 Å². The van der Waals surface area contributed by atoms with Crippen molar-refractivity contribution >= 4 is 22.8 Å². The van der Waals surface area contributed by atoms with E-state index in [4.69, 9.17) is 14.4 Å². The Balaban J connectivity index is 1.43. The summed E-state index contributed by atoms with van der Waals surface area (Å²) in [6.45, 7) is 7.94. The first-order valence-corrected chi connectivity index (χ1v) is 11.1. The van der Waals surface area contributed by atoms with E-state index in [0.717, 1.165) is 56.0 Å². The maximum absolute atomic E-state index is 12.6. The van der Waals surface area contributed by atoms with E-state index < -0.39 is 0 Å². The van der Waals surface area contributed by atoms with Gasteiger partial charge in [-0.05, 0) is 57.7 Å². The minimum absolute atomic E-state index is 0.0162. The zero-order valence-corrected chi connectivity index (χ0v) is 17.8. The first-order chi connectivity index (χ1) is 14.6. The molecular weight excluding hydrogens is 378 g/mol. The standard InChI is InChI=1S/C23H29N5O2/c1-16(2)28-15-24-21-19(28)14-18(25-22(21)26-9-3-4-10-26)17-7-11-27(12-8-17)23(29)20-6-5-13-30-20/h5-6,13-17H,3-4,7-12H2,1-2H3. The van der Waals surface area contributed by atoms with Crippen molar-refractivity contribution in [2.45, 2.75) is 51.5 Å². The monoisotopic (exact) mass is 407 g/mol. The Morgan fingerprint density at radius 1 is 1.17 bits per heavy atom. The zero-order valence-electron chi connectivity index (χ0n) is 17.8. The summed E-state index contributed by atoms with van der Waals surface area (Å²) in [5.41, 5.74) is 3.32. The average molecular weight is 408 g/mol. The Bertz CT molecular complexity index is 1030. The van der Waals surface area contributed by atoms with Crippen LogP contribution in [0.2, 0.25) is 0 Å². The first-order valence-electron chi connectivity index (χ1n) is 11.1. The summed E-state index contributed by atoms with van der Waals surface area (Å²) in [7, 11) is 0. The number of furan rings is 1. The van der Waals surface area contributed by atoms with Crippen LogP contribution in [0.5, 0.6) is 0 Å². The smallest absolute Gasteiger partial charge is 0.289 e. The number of imidazole rings is 1. The minimum Gasteiger partial charge on any atom is -0.459 e. The van der Waals surface area contributed by atoms with Crippen molar-refractivity contribution in [2.24, 2.45) is 0 Å². The van der Waals surface area contributed by atoms with Gasteiger partial charge < -0.3 is 18.8 Å². The molecule has 0 spiro atoms. The second-order valence-electron chi connectivity index (χ2n) is 8.72. The van der Waals surface area contributed by atoms with Gasteiger partial charge in [0, 0.05) is 43.8 Å². The van der Waals surface area contributed by atoms with Crippen LogP contribution < -0.4 is 4.90 Å². The molecule has 0 aromatic carbocycles. The van der Waals surface area contributed by atoms with E-state index in [1.165, 1.54) is 18.4 Å². The summed E-state index contributed by atoms with van der Waals surface area (Å²) in [5.74, 6) is 1.79. The van der Waals surface area contributed by atoms with Gasteiger partial charge in [0.25, 0.3) is 5.91 Å². The number of aromatic nitrogens is 3. The molecule has 2 aliphatic heterocycles. The molecule has 3 aromatic heterocycles. The van der Waals surface area contributed by atoms with Gasteiger partial charge in [-0.15, -0.1) is 0 Å². The van der Waals surface area contributed by atoms with Crippen LogP contribution in [0.15, 0.2) is 35.2 Å². The molecule has 3 aromatic rings. The van der Waals surface area contributed by atoms with Crippen LogP contribution >= 0.6 is 0 Å². The third kappa shape index (κ3) is 3.36. The number of fused-ring (bicyclic) bond motifs is 1. The summed E-state index contributed by atoms with van der Waals surface area (Å²) in [4.78, 5) is 26.7. The molecule has 1 amide bonds. The second-order valence-corrected chi connectivity index (χ2v) is 8.72. The molecule has 0 unspecified atom stereocenters. The van der Waals surface area contributed by atoms with Crippen molar-refractivity contribution in [3.63, 3.8) is 0 Å². The molecule has 0 N–H and O–H groups in total. The Labute approximate surface area is 176 Å². The molecule has 5 heterocycles. The van der Waals surface area contributed by atoms with Gasteiger partial charge in [-0.2, -0.15) is 0 Å². The number of rotatable bonds is 4. The lowest BCUT2D eigenvalue weighted by Gasteiger charge is -2.31. The summed E-state index contributed by atoms with van der Waals surface area (Å²) in [6.07, 6.45) is 7.76. The van der Waals surface area contributed by atoms with Crippen LogP contribution in [0, 0.1) is 0 Å². The van der Waals surface area contributed by atoms with E-state index in [1.54, 1.807) is 18.4 Å². The van der Waals surface area contributed by atoms with E-state index in [-0.39, 0.29) is 5.91 Å². The number of pyridine rings is 1. The van der Waals surface area contributed by atoms with Crippen LogP contribution in [0.1, 0.15) is 67.7 Å². The van der Waals surface area contributed by atoms with Gasteiger partial charge in [-0.25, -0.2) is 9.97 Å². The van der Waals surface area contributed by atoms with Crippen LogP contribution in [-0.2, 0) is 0 Å². The zero-order chi connectivity index (χ0) is 20.7. The molecule has 5 rings (SSSR count). The number of anilines is 1. The van der Waals surface area contributed by atoms with Crippen LogP contribution in [0.4, 0.5) is 5.82 Å². The molecule has 7 heteroatoms. The lowest BCUT2D eigenvalue weighted by molar-refractivity contribution is 0.0680. The van der Waals surface area contributed by atoms with Gasteiger partial charge in [0.15, 0.2) is 11.6 Å². The maximum atomic E-state index is 12.6. The van der Waals surface area contributed by atoms with Crippen LogP contribution in [0.25, 0.3) is 11.0 Å². The molecule has 2 saturated heterocycles. The Morgan fingerprint density at radius 2 is 1.93 bits per heavy atom. The number of carbonyl (C=O) groups excluding carboxylic acids is 1. The summed E-state index contributed by atoms with van der Waals surface area (Å²) < 4.78 is 7.53. The van der Waals surface area contributed by atoms with Gasteiger partial charge in [-0.3, -0.25) is 4.79 Å². The highest BCUT2D eigenvalue weighted by molar-refractivity contribution is 5.91. The number of nitrogens with zero attached hydrogens (tertiary/aromatic N) is 5. The Hall–Kier alpha value is -2.83. The Morgan fingerprint density at radius 3 is 2.60 bits per heavy atom. The van der Waals surface area contributed by atoms with Crippen molar-refractivity contribution in [1.82, 2.24) is 19.4 Å². The molecule has 2 fully saturated rings. The fraction of sp³-hybridized carbons (Fsp3) is 0.522. The van der Waals surface area contributed by atoms with E-state index in [9.17, 15) is 4.79 Å². The molecule has 0 atom stereocenters. The van der Waals surface area contributed by atoms with Crippen LogP contribution in [0.3, 0.4) is 0 Å². The van der Waals surface area contributed by atoms with Gasteiger partial charge in [0.2, 0.25) is 0 Å². The molecule has 0 bridgehead atoms. The molecule has 0 aliphatic carbocycles. The maximum Gasteiger partial charge on any atom is 0.289 e. The summed E-state index contributed by atoms with van der Waals surface area (Å²) in [5, 5.41) is 0. The molecule has 2 aliphatic rings. The average Bonchev–Trinajstić information content (AvgIpc) is 3.54. The van der Waals surface area contributed by atoms with Gasteiger partial charge >= 0.3 is 0 Å². The van der Waals surface area contributed by atoms with Crippen molar-refractivity contribution in [3.8, 4) is 0 Å². The fourth-order valence-electron chi connectivity index (χ4n) is 4.74. The predicted octanol–water partition coefficient (Wildman–Crippen LogP) is 4.23. The highest BCUT2D eigenvalue weighted by Crippen LogP contribution is 2.34. The largest absolute Gasteiger partial charge is 0.459 e. The van der Waals surface area contributed by atoms with Crippen molar-refractivity contribution in [1.29, 1.82) is 0 Å². The number of hydrogen-bond donors (Lipinski definition) is 0. The second kappa shape index (κ2) is 7.78. The van der Waals surface area contributed by atoms with Crippen molar-refractivity contribution in [3.05, 3.63) is 42.2 Å².